The monoisotopic (exact) mass is 388 g/mol. The Bertz CT molecular complexity index is 478. The van der Waals surface area contributed by atoms with E-state index >= 15 is 0 Å². The molecule has 2 N–H and O–H groups in total. The van der Waals surface area contributed by atoms with Crippen molar-refractivity contribution in [3.05, 3.63) is 33.3 Å². The Morgan fingerprint density at radius 3 is 2.45 bits per heavy atom. The first kappa shape index (κ1) is 19.5. The molecule has 1 fully saturated rings. The molecule has 0 saturated carbocycles. The third kappa shape index (κ3) is 5.90. The molecule has 1 aliphatic heterocycles. The van der Waals surface area contributed by atoms with Crippen LogP contribution in [0.1, 0.15) is 42.4 Å². The zero-order chi connectivity index (χ0) is 15.2. The Labute approximate surface area is 148 Å². The van der Waals surface area contributed by atoms with E-state index < -0.39 is 0 Å². The molecule has 0 spiro atoms. The SMILES string of the molecule is Cc1cc(Br)cc(C)c1CNC(=O)CCC1CCNCC1.Cl. The molecule has 5 heteroatoms. The third-order valence-corrected chi connectivity index (χ3v) is 4.82. The molecule has 0 aliphatic carbocycles. The molecule has 1 aromatic carbocycles. The number of carbonyl (C=O) groups excluding carboxylic acids is 1. The summed E-state index contributed by atoms with van der Waals surface area (Å²) in [7, 11) is 0. The standard InChI is InChI=1S/C17H25BrN2O.ClH/c1-12-9-15(18)10-13(2)16(12)11-20-17(21)4-3-14-5-7-19-8-6-14;/h9-10,14,19H,3-8,11H2,1-2H3,(H,20,21);1H. The van der Waals surface area contributed by atoms with Gasteiger partial charge in [-0.2, -0.15) is 0 Å². The van der Waals surface area contributed by atoms with Gasteiger partial charge in [0.2, 0.25) is 5.91 Å². The van der Waals surface area contributed by atoms with E-state index in [4.69, 9.17) is 0 Å². The highest BCUT2D eigenvalue weighted by Crippen LogP contribution is 2.21. The number of aryl methyl sites for hydroxylation is 2. The zero-order valence-electron chi connectivity index (χ0n) is 13.4. The molecule has 1 saturated heterocycles. The van der Waals surface area contributed by atoms with Gasteiger partial charge in [0.1, 0.15) is 0 Å². The number of carbonyl (C=O) groups is 1. The fraction of sp³-hybridized carbons (Fsp3) is 0.588. The van der Waals surface area contributed by atoms with Crippen molar-refractivity contribution in [1.82, 2.24) is 10.6 Å². The van der Waals surface area contributed by atoms with Gasteiger partial charge in [0, 0.05) is 17.4 Å². The Balaban J connectivity index is 0.00000242. The van der Waals surface area contributed by atoms with Crippen LogP contribution in [0.3, 0.4) is 0 Å². The van der Waals surface area contributed by atoms with Gasteiger partial charge in [0.25, 0.3) is 0 Å². The molecule has 0 radical (unpaired) electrons. The van der Waals surface area contributed by atoms with Crippen LogP contribution in [0, 0.1) is 19.8 Å². The second-order valence-electron chi connectivity index (χ2n) is 6.03. The molecule has 0 atom stereocenters. The van der Waals surface area contributed by atoms with Crippen molar-refractivity contribution < 1.29 is 4.79 Å². The van der Waals surface area contributed by atoms with Crippen LogP contribution >= 0.6 is 28.3 Å². The van der Waals surface area contributed by atoms with Crippen molar-refractivity contribution in [3.63, 3.8) is 0 Å². The first-order valence-electron chi connectivity index (χ1n) is 7.79. The lowest BCUT2D eigenvalue weighted by molar-refractivity contribution is -0.121. The van der Waals surface area contributed by atoms with Crippen LogP contribution in [0.4, 0.5) is 0 Å². The molecular weight excluding hydrogens is 364 g/mol. The maximum absolute atomic E-state index is 12.0. The molecule has 1 aromatic rings. The predicted octanol–water partition coefficient (Wildman–Crippen LogP) is 3.88. The Morgan fingerprint density at radius 2 is 1.86 bits per heavy atom. The summed E-state index contributed by atoms with van der Waals surface area (Å²) in [5, 5.41) is 6.43. The second-order valence-corrected chi connectivity index (χ2v) is 6.94. The van der Waals surface area contributed by atoms with Gasteiger partial charge in [-0.15, -0.1) is 12.4 Å². The van der Waals surface area contributed by atoms with Crippen LogP contribution in [-0.2, 0) is 11.3 Å². The highest BCUT2D eigenvalue weighted by atomic mass is 79.9. The first-order valence-corrected chi connectivity index (χ1v) is 8.58. The number of amides is 1. The van der Waals surface area contributed by atoms with Crippen LogP contribution in [0.5, 0.6) is 0 Å². The summed E-state index contributed by atoms with van der Waals surface area (Å²) in [6.07, 6.45) is 4.08. The summed E-state index contributed by atoms with van der Waals surface area (Å²) in [5.41, 5.74) is 3.68. The largest absolute Gasteiger partial charge is 0.352 e. The topological polar surface area (TPSA) is 41.1 Å². The predicted molar refractivity (Wildman–Crippen MR) is 97.5 cm³/mol. The maximum Gasteiger partial charge on any atom is 0.220 e. The molecule has 2 rings (SSSR count). The molecule has 0 unspecified atom stereocenters. The lowest BCUT2D eigenvalue weighted by Crippen LogP contribution is -2.29. The molecule has 0 aromatic heterocycles. The summed E-state index contributed by atoms with van der Waals surface area (Å²) < 4.78 is 1.10. The van der Waals surface area contributed by atoms with Crippen LogP contribution in [-0.4, -0.2) is 19.0 Å². The number of hydrogen-bond acceptors (Lipinski definition) is 2. The van der Waals surface area contributed by atoms with E-state index in [-0.39, 0.29) is 18.3 Å². The van der Waals surface area contributed by atoms with Crippen LogP contribution < -0.4 is 10.6 Å². The number of halogens is 2. The highest BCUT2D eigenvalue weighted by Gasteiger charge is 2.14. The van der Waals surface area contributed by atoms with E-state index in [2.05, 4.69) is 52.5 Å². The second kappa shape index (κ2) is 9.53. The quantitative estimate of drug-likeness (QED) is 0.802. The van der Waals surface area contributed by atoms with Crippen molar-refractivity contribution in [2.24, 2.45) is 5.92 Å². The molecule has 124 valence electrons. The lowest BCUT2D eigenvalue weighted by atomic mass is 9.93. The van der Waals surface area contributed by atoms with Crippen LogP contribution in [0.2, 0.25) is 0 Å². The van der Waals surface area contributed by atoms with Crippen molar-refractivity contribution >= 4 is 34.2 Å². The van der Waals surface area contributed by atoms with E-state index in [1.54, 1.807) is 0 Å². The van der Waals surface area contributed by atoms with E-state index in [1.165, 1.54) is 29.5 Å². The van der Waals surface area contributed by atoms with Gasteiger partial charge >= 0.3 is 0 Å². The van der Waals surface area contributed by atoms with Gasteiger partial charge < -0.3 is 10.6 Å². The molecule has 22 heavy (non-hydrogen) atoms. The molecule has 0 bridgehead atoms. The third-order valence-electron chi connectivity index (χ3n) is 4.36. The van der Waals surface area contributed by atoms with Gasteiger partial charge in [-0.3, -0.25) is 4.79 Å². The summed E-state index contributed by atoms with van der Waals surface area (Å²) in [5.74, 6) is 0.892. The zero-order valence-corrected chi connectivity index (χ0v) is 15.8. The maximum atomic E-state index is 12.0. The van der Waals surface area contributed by atoms with E-state index in [1.807, 2.05) is 0 Å². The van der Waals surface area contributed by atoms with Gasteiger partial charge in [0.15, 0.2) is 0 Å². The molecular formula is C17H26BrClN2O. The van der Waals surface area contributed by atoms with Crippen LogP contribution in [0.15, 0.2) is 16.6 Å². The number of nitrogens with one attached hydrogen (secondary N) is 2. The van der Waals surface area contributed by atoms with Gasteiger partial charge in [-0.25, -0.2) is 0 Å². The Kier molecular flexibility index (Phi) is 8.44. The number of rotatable bonds is 5. The number of benzene rings is 1. The molecule has 1 aliphatic rings. The van der Waals surface area contributed by atoms with E-state index in [0.717, 1.165) is 24.0 Å². The van der Waals surface area contributed by atoms with Crippen LogP contribution in [0.25, 0.3) is 0 Å². The van der Waals surface area contributed by atoms with Gasteiger partial charge in [-0.1, -0.05) is 15.9 Å². The average molecular weight is 390 g/mol. The lowest BCUT2D eigenvalue weighted by Gasteiger charge is -2.22. The van der Waals surface area contributed by atoms with E-state index in [0.29, 0.717) is 18.9 Å². The molecule has 3 nitrogen and oxygen atoms in total. The normalized spacial score (nSPS) is 15.2. The molecule has 1 amide bonds. The minimum absolute atomic E-state index is 0. The number of hydrogen-bond donors (Lipinski definition) is 2. The van der Waals surface area contributed by atoms with Crippen molar-refractivity contribution in [1.29, 1.82) is 0 Å². The summed E-state index contributed by atoms with van der Waals surface area (Å²) in [6, 6.07) is 4.20. The number of piperidine rings is 1. The minimum atomic E-state index is 0. The summed E-state index contributed by atoms with van der Waals surface area (Å²) in [6.45, 7) is 7.02. The smallest absolute Gasteiger partial charge is 0.220 e. The van der Waals surface area contributed by atoms with Gasteiger partial charge in [-0.05, 0) is 80.9 Å². The molecule has 1 heterocycles. The fourth-order valence-corrected chi connectivity index (χ4v) is 3.69. The Hall–Kier alpha value is -0.580. The Morgan fingerprint density at radius 1 is 1.27 bits per heavy atom. The highest BCUT2D eigenvalue weighted by molar-refractivity contribution is 9.10. The van der Waals surface area contributed by atoms with Crippen molar-refractivity contribution in [3.8, 4) is 0 Å². The summed E-state index contributed by atoms with van der Waals surface area (Å²) >= 11 is 3.50. The summed E-state index contributed by atoms with van der Waals surface area (Å²) in [4.78, 5) is 12.0. The first-order chi connectivity index (χ1) is 10.1. The average Bonchev–Trinajstić information content (AvgIpc) is 2.45. The fourth-order valence-electron chi connectivity index (χ4n) is 3.00. The van der Waals surface area contributed by atoms with Crippen molar-refractivity contribution in [2.75, 3.05) is 13.1 Å². The minimum Gasteiger partial charge on any atom is -0.352 e. The van der Waals surface area contributed by atoms with Crippen molar-refractivity contribution in [2.45, 2.75) is 46.1 Å². The van der Waals surface area contributed by atoms with E-state index in [9.17, 15) is 4.79 Å². The van der Waals surface area contributed by atoms with Gasteiger partial charge in [0.05, 0.1) is 0 Å².